The van der Waals surface area contributed by atoms with Crippen molar-refractivity contribution in [2.75, 3.05) is 0 Å². The molecule has 0 saturated carbocycles. The third-order valence-corrected chi connectivity index (χ3v) is 4.96. The second-order valence-electron chi connectivity index (χ2n) is 9.15. The molecule has 0 aliphatic rings. The van der Waals surface area contributed by atoms with Gasteiger partial charge < -0.3 is 0 Å². The predicted octanol–water partition coefficient (Wildman–Crippen LogP) is 6.61. The molecule has 0 heterocycles. The molecule has 0 aromatic heterocycles. The minimum atomic E-state index is -0.313. The fourth-order valence-electron chi connectivity index (χ4n) is 3.63. The Kier molecular flexibility index (Phi) is 5.87. The fraction of sp³-hybridized carbons (Fsp3) is 0.458. The highest BCUT2D eigenvalue weighted by molar-refractivity contribution is 5.84. The molecule has 2 aromatic rings. The molecule has 2 rings (SSSR count). The van der Waals surface area contributed by atoms with Gasteiger partial charge >= 0.3 is 0 Å². The second kappa shape index (κ2) is 7.56. The lowest BCUT2D eigenvalue weighted by atomic mass is 9.65. The Balaban J connectivity index is 2.53. The van der Waals surface area contributed by atoms with Gasteiger partial charge in [0.25, 0.3) is 0 Å². The number of benzene rings is 2. The SMILES string of the molecule is CC(C)(C)C(=O)C[C@H](c1ccccc1)[C@H](c1ccccc1)C(C)(C)C. The number of carbonyl (C=O) groups is 1. The molecule has 1 nitrogen and oxygen atoms in total. The van der Waals surface area contributed by atoms with Gasteiger partial charge in [0, 0.05) is 11.8 Å². The highest BCUT2D eigenvalue weighted by atomic mass is 16.1. The molecule has 0 unspecified atom stereocenters. The van der Waals surface area contributed by atoms with Crippen molar-refractivity contribution in [2.24, 2.45) is 10.8 Å². The van der Waals surface area contributed by atoms with E-state index in [1.165, 1.54) is 11.1 Å². The van der Waals surface area contributed by atoms with Gasteiger partial charge in [0.1, 0.15) is 5.78 Å². The average molecular weight is 337 g/mol. The first kappa shape index (κ1) is 19.4. The molecule has 0 saturated heterocycles. The van der Waals surface area contributed by atoms with Crippen LogP contribution in [0.3, 0.4) is 0 Å². The molecule has 0 spiro atoms. The van der Waals surface area contributed by atoms with Crippen molar-refractivity contribution < 1.29 is 4.79 Å². The zero-order chi connectivity index (χ0) is 18.7. The third kappa shape index (κ3) is 5.04. The Labute approximate surface area is 153 Å². The zero-order valence-electron chi connectivity index (χ0n) is 16.5. The standard InChI is InChI=1S/C24H32O/c1-23(2,3)21(25)17-20(18-13-9-7-10-14-18)22(24(4,5)6)19-15-11-8-12-16-19/h7-16,20,22H,17H2,1-6H3/t20-,22+/m1/s1. The first-order valence-corrected chi connectivity index (χ1v) is 9.24. The van der Waals surface area contributed by atoms with Crippen LogP contribution in [0.25, 0.3) is 0 Å². The topological polar surface area (TPSA) is 17.1 Å². The van der Waals surface area contributed by atoms with Gasteiger partial charge in [0.2, 0.25) is 0 Å². The molecule has 0 fully saturated rings. The molecule has 134 valence electrons. The van der Waals surface area contributed by atoms with E-state index in [0.717, 1.165) is 0 Å². The summed E-state index contributed by atoms with van der Waals surface area (Å²) in [5.41, 5.74) is 2.31. The summed E-state index contributed by atoms with van der Waals surface area (Å²) in [6.45, 7) is 12.9. The van der Waals surface area contributed by atoms with Crippen molar-refractivity contribution >= 4 is 5.78 Å². The minimum absolute atomic E-state index is 0.0556. The van der Waals surface area contributed by atoms with Crippen LogP contribution in [0.15, 0.2) is 60.7 Å². The number of hydrogen-bond donors (Lipinski definition) is 0. The zero-order valence-corrected chi connectivity index (χ0v) is 16.5. The lowest BCUT2D eigenvalue weighted by Crippen LogP contribution is -2.30. The van der Waals surface area contributed by atoms with Crippen LogP contribution in [0.4, 0.5) is 0 Å². The van der Waals surface area contributed by atoms with Gasteiger partial charge in [-0.25, -0.2) is 0 Å². The van der Waals surface area contributed by atoms with E-state index in [9.17, 15) is 4.79 Å². The quantitative estimate of drug-likeness (QED) is 0.600. The predicted molar refractivity (Wildman–Crippen MR) is 107 cm³/mol. The maximum absolute atomic E-state index is 12.9. The van der Waals surface area contributed by atoms with E-state index in [0.29, 0.717) is 12.2 Å². The van der Waals surface area contributed by atoms with E-state index in [2.05, 4.69) is 75.4 Å². The molecular weight excluding hydrogens is 304 g/mol. The molecule has 0 radical (unpaired) electrons. The van der Waals surface area contributed by atoms with E-state index in [4.69, 9.17) is 0 Å². The minimum Gasteiger partial charge on any atom is -0.299 e. The molecule has 0 aliphatic heterocycles. The summed E-state index contributed by atoms with van der Waals surface area (Å²) in [7, 11) is 0. The van der Waals surface area contributed by atoms with Crippen molar-refractivity contribution in [1.82, 2.24) is 0 Å². The number of rotatable bonds is 5. The Morgan fingerprint density at radius 1 is 0.760 bits per heavy atom. The van der Waals surface area contributed by atoms with E-state index in [1.807, 2.05) is 26.8 Å². The van der Waals surface area contributed by atoms with Gasteiger partial charge in [0.05, 0.1) is 0 Å². The van der Waals surface area contributed by atoms with Gasteiger partial charge in [-0.1, -0.05) is 102 Å². The van der Waals surface area contributed by atoms with Crippen LogP contribution in [0.2, 0.25) is 0 Å². The van der Waals surface area contributed by atoms with Crippen molar-refractivity contribution in [2.45, 2.75) is 59.8 Å². The molecule has 0 N–H and O–H groups in total. The van der Waals surface area contributed by atoms with Crippen LogP contribution in [0.1, 0.15) is 70.9 Å². The number of Topliss-reactive ketones (excluding diaryl/α,β-unsaturated/α-hetero) is 1. The summed E-state index contributed by atoms with van der Waals surface area (Å²) in [4.78, 5) is 12.9. The van der Waals surface area contributed by atoms with E-state index >= 15 is 0 Å². The maximum Gasteiger partial charge on any atom is 0.138 e. The summed E-state index contributed by atoms with van der Waals surface area (Å²) in [6, 6.07) is 21.2. The Morgan fingerprint density at radius 3 is 1.60 bits per heavy atom. The highest BCUT2D eigenvalue weighted by Crippen LogP contribution is 2.47. The Hall–Kier alpha value is -1.89. The molecule has 25 heavy (non-hydrogen) atoms. The van der Waals surface area contributed by atoms with Crippen LogP contribution in [-0.4, -0.2) is 5.78 Å². The van der Waals surface area contributed by atoms with E-state index in [-0.39, 0.29) is 22.7 Å². The van der Waals surface area contributed by atoms with Gasteiger partial charge in [-0.15, -0.1) is 0 Å². The largest absolute Gasteiger partial charge is 0.299 e. The molecule has 0 aliphatic carbocycles. The molecule has 1 heteroatoms. The van der Waals surface area contributed by atoms with E-state index in [1.54, 1.807) is 0 Å². The maximum atomic E-state index is 12.9. The fourth-order valence-corrected chi connectivity index (χ4v) is 3.63. The summed E-state index contributed by atoms with van der Waals surface area (Å²) in [5.74, 6) is 0.782. The van der Waals surface area contributed by atoms with Crippen LogP contribution >= 0.6 is 0 Å². The van der Waals surface area contributed by atoms with Crippen molar-refractivity contribution in [1.29, 1.82) is 0 Å². The van der Waals surface area contributed by atoms with Crippen LogP contribution in [0.5, 0.6) is 0 Å². The number of ketones is 1. The summed E-state index contributed by atoms with van der Waals surface area (Å²) >= 11 is 0. The summed E-state index contributed by atoms with van der Waals surface area (Å²) in [6.07, 6.45) is 0.574. The molecular formula is C24H32O. The van der Waals surface area contributed by atoms with Crippen LogP contribution < -0.4 is 0 Å². The lowest BCUT2D eigenvalue weighted by Gasteiger charge is -2.39. The average Bonchev–Trinajstić information content (AvgIpc) is 2.54. The molecule has 0 amide bonds. The third-order valence-electron chi connectivity index (χ3n) is 4.96. The van der Waals surface area contributed by atoms with Crippen molar-refractivity contribution in [3.63, 3.8) is 0 Å². The number of hydrogen-bond acceptors (Lipinski definition) is 1. The lowest BCUT2D eigenvalue weighted by molar-refractivity contribution is -0.126. The van der Waals surface area contributed by atoms with Crippen molar-refractivity contribution in [3.05, 3.63) is 71.8 Å². The van der Waals surface area contributed by atoms with Crippen LogP contribution in [-0.2, 0) is 4.79 Å². The smallest absolute Gasteiger partial charge is 0.138 e. The van der Waals surface area contributed by atoms with Gasteiger partial charge in [0.15, 0.2) is 0 Å². The molecule has 2 aromatic carbocycles. The highest BCUT2D eigenvalue weighted by Gasteiger charge is 2.37. The summed E-state index contributed by atoms with van der Waals surface area (Å²) < 4.78 is 0. The molecule has 2 atom stereocenters. The van der Waals surface area contributed by atoms with Gasteiger partial charge in [-0.2, -0.15) is 0 Å². The number of carbonyl (C=O) groups excluding carboxylic acids is 1. The van der Waals surface area contributed by atoms with Gasteiger partial charge in [-0.05, 0) is 28.4 Å². The Morgan fingerprint density at radius 2 is 1.20 bits per heavy atom. The second-order valence-corrected chi connectivity index (χ2v) is 9.15. The Bertz CT molecular complexity index is 672. The van der Waals surface area contributed by atoms with Crippen molar-refractivity contribution in [3.8, 4) is 0 Å². The first-order chi connectivity index (χ1) is 11.6. The summed E-state index contributed by atoms with van der Waals surface area (Å²) in [5, 5.41) is 0. The monoisotopic (exact) mass is 336 g/mol. The van der Waals surface area contributed by atoms with Gasteiger partial charge in [-0.3, -0.25) is 4.79 Å². The molecule has 0 bridgehead atoms. The van der Waals surface area contributed by atoms with Crippen LogP contribution in [0, 0.1) is 10.8 Å². The normalized spacial score (nSPS) is 14.8. The first-order valence-electron chi connectivity index (χ1n) is 9.24. The van der Waals surface area contributed by atoms with E-state index < -0.39 is 0 Å².